The fourth-order valence-corrected chi connectivity index (χ4v) is 4.17. The van der Waals surface area contributed by atoms with Crippen LogP contribution in [0.3, 0.4) is 0 Å². The number of carbonyl (C=O) groups excluding carboxylic acids is 3. The molecule has 0 spiro atoms. The SMILES string of the molecule is CC(C)C[C@@H](C(N)=O)N(CCc1ccccc1)C(=O)[C@H](Cc1ccc(O)cc1)NC(=O)[C@@H](N)CCCN. The van der Waals surface area contributed by atoms with Crippen molar-refractivity contribution < 1.29 is 19.5 Å². The number of phenolic OH excluding ortho intramolecular Hbond substituents is 1. The van der Waals surface area contributed by atoms with Gasteiger partial charge in [-0.15, -0.1) is 0 Å². The fourth-order valence-electron chi connectivity index (χ4n) is 4.17. The second kappa shape index (κ2) is 15.0. The zero-order valence-corrected chi connectivity index (χ0v) is 21.8. The van der Waals surface area contributed by atoms with Crippen LogP contribution < -0.4 is 22.5 Å². The molecule has 0 aromatic heterocycles. The number of rotatable bonds is 15. The quantitative estimate of drug-likeness (QED) is 0.243. The summed E-state index contributed by atoms with van der Waals surface area (Å²) in [6.07, 6.45) is 2.03. The molecule has 0 heterocycles. The molecule has 0 saturated heterocycles. The van der Waals surface area contributed by atoms with E-state index in [1.165, 1.54) is 17.0 Å². The molecule has 8 N–H and O–H groups in total. The Kier molecular flexibility index (Phi) is 12.1. The average Bonchev–Trinajstić information content (AvgIpc) is 2.87. The van der Waals surface area contributed by atoms with Crippen molar-refractivity contribution in [1.82, 2.24) is 10.2 Å². The van der Waals surface area contributed by atoms with Gasteiger partial charge >= 0.3 is 0 Å². The van der Waals surface area contributed by atoms with Gasteiger partial charge in [-0.05, 0) is 61.4 Å². The summed E-state index contributed by atoms with van der Waals surface area (Å²) in [5.74, 6) is -1.26. The molecule has 0 fully saturated rings. The molecule has 2 aromatic rings. The predicted octanol–water partition coefficient (Wildman–Crippen LogP) is 1.46. The largest absolute Gasteiger partial charge is 0.508 e. The highest BCUT2D eigenvalue weighted by Gasteiger charge is 2.34. The molecule has 2 rings (SSSR count). The minimum Gasteiger partial charge on any atom is -0.508 e. The number of amides is 3. The lowest BCUT2D eigenvalue weighted by atomic mass is 9.98. The maximum atomic E-state index is 14.0. The highest BCUT2D eigenvalue weighted by Crippen LogP contribution is 2.18. The van der Waals surface area contributed by atoms with Crippen molar-refractivity contribution in [3.8, 4) is 5.75 Å². The third-order valence-corrected chi connectivity index (χ3v) is 6.21. The van der Waals surface area contributed by atoms with Crippen LogP contribution in [0.5, 0.6) is 5.75 Å². The van der Waals surface area contributed by atoms with E-state index in [0.717, 1.165) is 11.1 Å². The number of primary amides is 1. The van der Waals surface area contributed by atoms with Gasteiger partial charge in [-0.2, -0.15) is 0 Å². The molecule has 0 aliphatic carbocycles. The standard InChI is InChI=1S/C28H41N5O4/c1-19(2)17-25(26(31)35)33(16-14-20-7-4-3-5-8-20)28(37)24(18-21-10-12-22(34)13-11-21)32-27(36)23(30)9-6-15-29/h3-5,7-8,10-13,19,23-25,34H,6,9,14-18,29-30H2,1-2H3,(H2,31,35)(H,32,36)/t23-,24-,25-/m0/s1. The minimum absolute atomic E-state index is 0.0923. The maximum absolute atomic E-state index is 14.0. The van der Waals surface area contributed by atoms with Crippen LogP contribution >= 0.6 is 0 Å². The number of nitrogens with one attached hydrogen (secondary N) is 1. The third-order valence-electron chi connectivity index (χ3n) is 6.21. The molecule has 0 saturated carbocycles. The van der Waals surface area contributed by atoms with Gasteiger partial charge in [-0.3, -0.25) is 14.4 Å². The van der Waals surface area contributed by atoms with Crippen molar-refractivity contribution in [3.05, 3.63) is 65.7 Å². The van der Waals surface area contributed by atoms with Gasteiger partial charge in [0.05, 0.1) is 6.04 Å². The summed E-state index contributed by atoms with van der Waals surface area (Å²) in [6, 6.07) is 13.4. The number of aromatic hydroxyl groups is 1. The van der Waals surface area contributed by atoms with Crippen molar-refractivity contribution >= 4 is 17.7 Å². The summed E-state index contributed by atoms with van der Waals surface area (Å²) < 4.78 is 0. The lowest BCUT2D eigenvalue weighted by Crippen LogP contribution is -2.58. The highest BCUT2D eigenvalue weighted by atomic mass is 16.3. The Bertz CT molecular complexity index is 997. The number of phenols is 1. The van der Waals surface area contributed by atoms with Gasteiger partial charge in [0.15, 0.2) is 0 Å². The molecule has 0 bridgehead atoms. The summed E-state index contributed by atoms with van der Waals surface area (Å²) in [4.78, 5) is 41.0. The average molecular weight is 512 g/mol. The minimum atomic E-state index is -0.981. The number of benzene rings is 2. The molecule has 37 heavy (non-hydrogen) atoms. The van der Waals surface area contributed by atoms with E-state index in [4.69, 9.17) is 17.2 Å². The number of carbonyl (C=O) groups is 3. The molecule has 0 aliphatic rings. The van der Waals surface area contributed by atoms with Crippen molar-refractivity contribution in [2.75, 3.05) is 13.1 Å². The van der Waals surface area contributed by atoms with E-state index in [0.29, 0.717) is 32.2 Å². The Hall–Kier alpha value is -3.43. The lowest BCUT2D eigenvalue weighted by Gasteiger charge is -2.34. The molecule has 2 aromatic carbocycles. The normalized spacial score (nSPS) is 13.5. The van der Waals surface area contributed by atoms with E-state index in [-0.39, 0.29) is 24.6 Å². The molecular formula is C28H41N5O4. The van der Waals surface area contributed by atoms with Crippen molar-refractivity contribution in [2.24, 2.45) is 23.1 Å². The molecule has 3 atom stereocenters. The molecule has 202 valence electrons. The highest BCUT2D eigenvalue weighted by molar-refractivity contribution is 5.93. The Balaban J connectivity index is 2.38. The monoisotopic (exact) mass is 511 g/mol. The number of nitrogens with zero attached hydrogens (tertiary/aromatic N) is 1. The maximum Gasteiger partial charge on any atom is 0.246 e. The third kappa shape index (κ3) is 9.86. The van der Waals surface area contributed by atoms with Crippen LogP contribution in [0.15, 0.2) is 54.6 Å². The van der Waals surface area contributed by atoms with Crippen LogP contribution in [-0.2, 0) is 27.2 Å². The van der Waals surface area contributed by atoms with Crippen LogP contribution in [-0.4, -0.2) is 58.9 Å². The van der Waals surface area contributed by atoms with E-state index >= 15 is 0 Å². The molecule has 0 radical (unpaired) electrons. The molecule has 0 unspecified atom stereocenters. The molecule has 9 heteroatoms. The van der Waals surface area contributed by atoms with Crippen molar-refractivity contribution in [3.63, 3.8) is 0 Å². The first-order valence-corrected chi connectivity index (χ1v) is 12.8. The van der Waals surface area contributed by atoms with Gasteiger partial charge < -0.3 is 32.5 Å². The summed E-state index contributed by atoms with van der Waals surface area (Å²) in [5, 5.41) is 12.5. The Labute approximate surface area is 219 Å². The first-order valence-electron chi connectivity index (χ1n) is 12.8. The first-order chi connectivity index (χ1) is 17.6. The summed E-state index contributed by atoms with van der Waals surface area (Å²) in [5.41, 5.74) is 19.1. The second-order valence-corrected chi connectivity index (χ2v) is 9.78. The van der Waals surface area contributed by atoms with Gasteiger partial charge in [0, 0.05) is 13.0 Å². The van der Waals surface area contributed by atoms with Gasteiger partial charge in [0.1, 0.15) is 17.8 Å². The Morgan fingerprint density at radius 1 is 1.00 bits per heavy atom. The summed E-state index contributed by atoms with van der Waals surface area (Å²) in [7, 11) is 0. The zero-order valence-electron chi connectivity index (χ0n) is 21.8. The molecular weight excluding hydrogens is 470 g/mol. The van der Waals surface area contributed by atoms with E-state index in [1.54, 1.807) is 12.1 Å². The molecule has 9 nitrogen and oxygen atoms in total. The van der Waals surface area contributed by atoms with Crippen LogP contribution in [0.2, 0.25) is 0 Å². The molecule has 0 aliphatic heterocycles. The van der Waals surface area contributed by atoms with Crippen molar-refractivity contribution in [1.29, 1.82) is 0 Å². The van der Waals surface area contributed by atoms with Crippen LogP contribution in [0.25, 0.3) is 0 Å². The van der Waals surface area contributed by atoms with E-state index in [1.807, 2.05) is 44.2 Å². The summed E-state index contributed by atoms with van der Waals surface area (Å²) >= 11 is 0. The lowest BCUT2D eigenvalue weighted by molar-refractivity contribution is -0.143. The van der Waals surface area contributed by atoms with Gasteiger partial charge in [-0.1, -0.05) is 56.3 Å². The van der Waals surface area contributed by atoms with E-state index in [9.17, 15) is 19.5 Å². The molecule has 3 amide bonds. The Morgan fingerprint density at radius 3 is 2.22 bits per heavy atom. The van der Waals surface area contributed by atoms with Gasteiger partial charge in [0.2, 0.25) is 17.7 Å². The fraction of sp³-hybridized carbons (Fsp3) is 0.464. The smallest absolute Gasteiger partial charge is 0.246 e. The van der Waals surface area contributed by atoms with Crippen LogP contribution in [0, 0.1) is 5.92 Å². The number of hydrogen-bond donors (Lipinski definition) is 5. The second-order valence-electron chi connectivity index (χ2n) is 9.78. The summed E-state index contributed by atoms with van der Waals surface area (Å²) in [6.45, 7) is 4.58. The first kappa shape index (κ1) is 29.8. The number of hydrogen-bond acceptors (Lipinski definition) is 6. The van der Waals surface area contributed by atoms with Crippen LogP contribution in [0.1, 0.15) is 44.2 Å². The van der Waals surface area contributed by atoms with Gasteiger partial charge in [0.25, 0.3) is 0 Å². The zero-order chi connectivity index (χ0) is 27.4. The predicted molar refractivity (Wildman–Crippen MR) is 144 cm³/mol. The van der Waals surface area contributed by atoms with E-state index in [2.05, 4.69) is 5.32 Å². The van der Waals surface area contributed by atoms with Gasteiger partial charge in [-0.25, -0.2) is 0 Å². The van der Waals surface area contributed by atoms with Crippen LogP contribution in [0.4, 0.5) is 0 Å². The van der Waals surface area contributed by atoms with Crippen molar-refractivity contribution in [2.45, 2.75) is 64.1 Å². The Morgan fingerprint density at radius 2 is 1.65 bits per heavy atom. The van der Waals surface area contributed by atoms with E-state index < -0.39 is 35.8 Å². The topological polar surface area (TPSA) is 165 Å². The number of nitrogens with two attached hydrogens (primary N) is 3.